The van der Waals surface area contributed by atoms with Crippen molar-refractivity contribution in [2.75, 3.05) is 25.1 Å². The standard InChI is InChI=1S/C17H19N3O4/c1-4-22-17-18-10(2)14(11(3)19-17)20-16(21)12-6-5-7-13-15(12)24-9-8-23-13/h5-7H,4,8-9H2,1-3H3,(H,20,21). The molecule has 0 saturated heterocycles. The van der Waals surface area contributed by atoms with Gasteiger partial charge in [-0.25, -0.2) is 0 Å². The van der Waals surface area contributed by atoms with Crippen LogP contribution < -0.4 is 19.5 Å². The Bertz CT molecular complexity index is 753. The Morgan fingerprint density at radius 1 is 1.21 bits per heavy atom. The molecule has 2 aromatic rings. The minimum atomic E-state index is -0.295. The number of amides is 1. The molecule has 1 aromatic carbocycles. The van der Waals surface area contributed by atoms with Crippen LogP contribution >= 0.6 is 0 Å². The molecule has 0 unspecified atom stereocenters. The summed E-state index contributed by atoms with van der Waals surface area (Å²) in [4.78, 5) is 21.2. The van der Waals surface area contributed by atoms with Crippen molar-refractivity contribution in [1.82, 2.24) is 9.97 Å². The number of rotatable bonds is 4. The fraction of sp³-hybridized carbons (Fsp3) is 0.353. The van der Waals surface area contributed by atoms with Crippen molar-refractivity contribution in [1.29, 1.82) is 0 Å². The van der Waals surface area contributed by atoms with Crippen molar-refractivity contribution >= 4 is 11.6 Å². The van der Waals surface area contributed by atoms with Crippen LogP contribution in [0.2, 0.25) is 0 Å². The maximum absolute atomic E-state index is 12.7. The largest absolute Gasteiger partial charge is 0.486 e. The molecule has 0 spiro atoms. The number of fused-ring (bicyclic) bond motifs is 1. The fourth-order valence-corrected chi connectivity index (χ4v) is 2.49. The van der Waals surface area contributed by atoms with E-state index in [0.717, 1.165) is 0 Å². The number of hydrogen-bond acceptors (Lipinski definition) is 6. The van der Waals surface area contributed by atoms with Gasteiger partial charge in [0, 0.05) is 0 Å². The summed E-state index contributed by atoms with van der Waals surface area (Å²) >= 11 is 0. The van der Waals surface area contributed by atoms with Gasteiger partial charge < -0.3 is 19.5 Å². The zero-order valence-electron chi connectivity index (χ0n) is 13.9. The summed E-state index contributed by atoms with van der Waals surface area (Å²) in [5.41, 5.74) is 2.26. The molecular formula is C17H19N3O4. The first-order valence-electron chi connectivity index (χ1n) is 7.78. The number of carbonyl (C=O) groups is 1. The molecule has 7 nitrogen and oxygen atoms in total. The van der Waals surface area contributed by atoms with Crippen LogP contribution in [0.1, 0.15) is 28.7 Å². The molecule has 126 valence electrons. The van der Waals surface area contributed by atoms with E-state index in [1.807, 2.05) is 6.92 Å². The van der Waals surface area contributed by atoms with Crippen LogP contribution in [-0.2, 0) is 0 Å². The summed E-state index contributed by atoms with van der Waals surface area (Å²) < 4.78 is 16.4. The second-order valence-corrected chi connectivity index (χ2v) is 5.27. The van der Waals surface area contributed by atoms with Crippen molar-refractivity contribution < 1.29 is 19.0 Å². The zero-order valence-corrected chi connectivity index (χ0v) is 13.9. The molecule has 2 heterocycles. The molecule has 7 heteroatoms. The highest BCUT2D eigenvalue weighted by Gasteiger charge is 2.22. The lowest BCUT2D eigenvalue weighted by Gasteiger charge is -2.21. The van der Waals surface area contributed by atoms with Gasteiger partial charge in [0.25, 0.3) is 5.91 Å². The topological polar surface area (TPSA) is 82.6 Å². The summed E-state index contributed by atoms with van der Waals surface area (Å²) in [6.45, 7) is 6.84. The Kier molecular flexibility index (Phi) is 4.50. The van der Waals surface area contributed by atoms with E-state index in [-0.39, 0.29) is 5.91 Å². The van der Waals surface area contributed by atoms with Crippen molar-refractivity contribution in [2.24, 2.45) is 0 Å². The highest BCUT2D eigenvalue weighted by molar-refractivity contribution is 6.07. The van der Waals surface area contributed by atoms with Gasteiger partial charge in [0.2, 0.25) is 0 Å². The third-order valence-electron chi connectivity index (χ3n) is 3.57. The highest BCUT2D eigenvalue weighted by Crippen LogP contribution is 2.34. The number of para-hydroxylation sites is 1. The Morgan fingerprint density at radius 2 is 1.92 bits per heavy atom. The van der Waals surface area contributed by atoms with E-state index in [4.69, 9.17) is 14.2 Å². The average molecular weight is 329 g/mol. The summed E-state index contributed by atoms with van der Waals surface area (Å²) in [6.07, 6.45) is 0. The van der Waals surface area contributed by atoms with Gasteiger partial charge >= 0.3 is 6.01 Å². The van der Waals surface area contributed by atoms with Crippen molar-refractivity contribution in [3.05, 3.63) is 35.2 Å². The van der Waals surface area contributed by atoms with Gasteiger partial charge in [-0.15, -0.1) is 0 Å². The fourth-order valence-electron chi connectivity index (χ4n) is 2.49. The van der Waals surface area contributed by atoms with Crippen LogP contribution in [0.15, 0.2) is 18.2 Å². The van der Waals surface area contributed by atoms with Crippen LogP contribution in [0.4, 0.5) is 5.69 Å². The minimum absolute atomic E-state index is 0.295. The zero-order chi connectivity index (χ0) is 17.1. The monoisotopic (exact) mass is 329 g/mol. The molecule has 1 aliphatic heterocycles. The molecule has 0 saturated carbocycles. The average Bonchev–Trinajstić information content (AvgIpc) is 2.58. The summed E-state index contributed by atoms with van der Waals surface area (Å²) in [7, 11) is 0. The maximum atomic E-state index is 12.7. The number of hydrogen-bond donors (Lipinski definition) is 1. The Balaban J connectivity index is 1.88. The molecule has 1 aromatic heterocycles. The number of benzene rings is 1. The van der Waals surface area contributed by atoms with Crippen LogP contribution in [0.3, 0.4) is 0 Å². The lowest BCUT2D eigenvalue weighted by Crippen LogP contribution is -2.21. The molecule has 1 aliphatic rings. The molecule has 0 bridgehead atoms. The molecule has 0 atom stereocenters. The number of aryl methyl sites for hydroxylation is 2. The lowest BCUT2D eigenvalue weighted by atomic mass is 10.1. The molecule has 1 amide bonds. The van der Waals surface area contributed by atoms with Gasteiger partial charge in [0.1, 0.15) is 13.2 Å². The smallest absolute Gasteiger partial charge is 0.316 e. The van der Waals surface area contributed by atoms with Crippen LogP contribution in [-0.4, -0.2) is 35.7 Å². The van der Waals surface area contributed by atoms with E-state index in [2.05, 4.69) is 15.3 Å². The first kappa shape index (κ1) is 16.0. The van der Waals surface area contributed by atoms with Gasteiger partial charge in [-0.2, -0.15) is 9.97 Å². The lowest BCUT2D eigenvalue weighted by molar-refractivity contribution is 0.101. The first-order valence-corrected chi connectivity index (χ1v) is 7.78. The predicted molar refractivity (Wildman–Crippen MR) is 88.1 cm³/mol. The van der Waals surface area contributed by atoms with Crippen LogP contribution in [0.25, 0.3) is 0 Å². The normalized spacial score (nSPS) is 12.6. The summed E-state index contributed by atoms with van der Waals surface area (Å²) in [5.74, 6) is 0.741. The first-order chi connectivity index (χ1) is 11.6. The molecule has 0 fully saturated rings. The third-order valence-corrected chi connectivity index (χ3v) is 3.57. The van der Waals surface area contributed by atoms with Crippen LogP contribution in [0, 0.1) is 13.8 Å². The molecule has 3 rings (SSSR count). The van der Waals surface area contributed by atoms with E-state index in [1.165, 1.54) is 0 Å². The second kappa shape index (κ2) is 6.74. The number of carbonyl (C=O) groups excluding carboxylic acids is 1. The molecule has 24 heavy (non-hydrogen) atoms. The van der Waals surface area contributed by atoms with Crippen molar-refractivity contribution in [2.45, 2.75) is 20.8 Å². The Hall–Kier alpha value is -2.83. The summed E-state index contributed by atoms with van der Waals surface area (Å²) in [6, 6.07) is 5.54. The van der Waals surface area contributed by atoms with E-state index in [0.29, 0.717) is 60.0 Å². The highest BCUT2D eigenvalue weighted by atomic mass is 16.6. The van der Waals surface area contributed by atoms with E-state index >= 15 is 0 Å². The summed E-state index contributed by atoms with van der Waals surface area (Å²) in [5, 5.41) is 2.86. The van der Waals surface area contributed by atoms with E-state index in [1.54, 1.807) is 32.0 Å². The number of anilines is 1. The predicted octanol–water partition coefficient (Wildman–Crippen LogP) is 2.52. The van der Waals surface area contributed by atoms with E-state index < -0.39 is 0 Å². The van der Waals surface area contributed by atoms with Gasteiger partial charge in [0.05, 0.1) is 29.2 Å². The Morgan fingerprint density at radius 3 is 2.62 bits per heavy atom. The molecule has 1 N–H and O–H groups in total. The Labute approximate surface area is 140 Å². The number of nitrogens with zero attached hydrogens (tertiary/aromatic N) is 2. The second-order valence-electron chi connectivity index (χ2n) is 5.27. The van der Waals surface area contributed by atoms with Gasteiger partial charge in [-0.05, 0) is 32.9 Å². The van der Waals surface area contributed by atoms with Gasteiger partial charge in [0.15, 0.2) is 11.5 Å². The van der Waals surface area contributed by atoms with Crippen molar-refractivity contribution in [3.63, 3.8) is 0 Å². The van der Waals surface area contributed by atoms with Gasteiger partial charge in [-0.3, -0.25) is 4.79 Å². The quantitative estimate of drug-likeness (QED) is 0.928. The van der Waals surface area contributed by atoms with E-state index in [9.17, 15) is 4.79 Å². The molecular weight excluding hydrogens is 310 g/mol. The van der Waals surface area contributed by atoms with Gasteiger partial charge in [-0.1, -0.05) is 6.07 Å². The minimum Gasteiger partial charge on any atom is -0.486 e. The number of aromatic nitrogens is 2. The SMILES string of the molecule is CCOc1nc(C)c(NC(=O)c2cccc3c2OCCO3)c(C)n1. The number of nitrogens with one attached hydrogen (secondary N) is 1. The van der Waals surface area contributed by atoms with Crippen LogP contribution in [0.5, 0.6) is 17.5 Å². The maximum Gasteiger partial charge on any atom is 0.316 e. The number of ether oxygens (including phenoxy) is 3. The molecule has 0 aliphatic carbocycles. The molecule has 0 radical (unpaired) electrons. The third kappa shape index (κ3) is 3.10. The van der Waals surface area contributed by atoms with Crippen molar-refractivity contribution in [3.8, 4) is 17.5 Å².